The van der Waals surface area contributed by atoms with E-state index in [1.54, 1.807) is 0 Å². The SMILES string of the molecule is O.O.O.O.O.O.[Na+].[Na+].[S-2]. The van der Waals surface area contributed by atoms with Gasteiger partial charge in [-0.15, -0.1) is 0 Å². The van der Waals surface area contributed by atoms with E-state index < -0.39 is 0 Å². The van der Waals surface area contributed by atoms with Crippen LogP contribution in [0.25, 0.3) is 0 Å². The summed E-state index contributed by atoms with van der Waals surface area (Å²) in [5.41, 5.74) is 0. The van der Waals surface area contributed by atoms with Gasteiger partial charge in [-0.1, -0.05) is 0 Å². The minimum Gasteiger partial charge on any atom is -2.00 e. The van der Waals surface area contributed by atoms with Crippen LogP contribution in [0.5, 0.6) is 0 Å². The quantitative estimate of drug-likeness (QED) is 0.325. The Bertz CT molecular complexity index is 11.0. The summed E-state index contributed by atoms with van der Waals surface area (Å²) in [5, 5.41) is 0. The van der Waals surface area contributed by atoms with E-state index in [1.165, 1.54) is 0 Å². The zero-order valence-corrected chi connectivity index (χ0v) is 10.2. The first-order valence-corrected chi connectivity index (χ1v) is 0. The monoisotopic (exact) mass is 186 g/mol. The number of rotatable bonds is 0. The molecule has 0 saturated carbocycles. The summed E-state index contributed by atoms with van der Waals surface area (Å²) >= 11 is 0. The Hall–Kier alpha value is 2.11. The third-order valence-electron chi connectivity index (χ3n) is 0. The molecule has 0 fully saturated rings. The molecule has 0 saturated heterocycles. The van der Waals surface area contributed by atoms with Crippen LogP contribution in [0.3, 0.4) is 0 Å². The number of hydrogen-bond acceptors (Lipinski definition) is 0. The summed E-state index contributed by atoms with van der Waals surface area (Å²) in [6, 6.07) is 0. The Morgan fingerprint density at radius 1 is 0.333 bits per heavy atom. The molecule has 0 aromatic carbocycles. The molecule has 0 bridgehead atoms. The van der Waals surface area contributed by atoms with Gasteiger partial charge in [0.25, 0.3) is 0 Å². The molecular formula is H12Na2O6S. The fourth-order valence-corrected chi connectivity index (χ4v) is 0. The standard InChI is InChI=1S/2Na.6H2O.S/h;;6*1H2;/q2*+1;;;;;;;-2. The second-order valence-corrected chi connectivity index (χ2v) is 0. The van der Waals surface area contributed by atoms with Crippen molar-refractivity contribution in [3.63, 3.8) is 0 Å². The Labute approximate surface area is 104 Å². The molecule has 0 atom stereocenters. The molecule has 0 heterocycles. The Balaban J connectivity index is 0. The molecule has 0 amide bonds. The van der Waals surface area contributed by atoms with E-state index in [0.717, 1.165) is 0 Å². The second kappa shape index (κ2) is 188. The van der Waals surface area contributed by atoms with Gasteiger partial charge < -0.3 is 46.4 Å². The third-order valence-corrected chi connectivity index (χ3v) is 0. The van der Waals surface area contributed by atoms with Crippen LogP contribution in [0, 0.1) is 0 Å². The summed E-state index contributed by atoms with van der Waals surface area (Å²) in [6.45, 7) is 0. The third kappa shape index (κ3) is 149. The molecule has 12 N–H and O–H groups in total. The van der Waals surface area contributed by atoms with E-state index in [9.17, 15) is 0 Å². The maximum absolute atomic E-state index is 0. The number of hydrogen-bond donors (Lipinski definition) is 0. The smallest absolute Gasteiger partial charge is 1.00 e. The van der Waals surface area contributed by atoms with Crippen molar-refractivity contribution in [1.29, 1.82) is 0 Å². The average Bonchev–Trinajstić information content (AvgIpc) is 0. The van der Waals surface area contributed by atoms with Crippen molar-refractivity contribution in [1.82, 2.24) is 0 Å². The normalized spacial score (nSPS) is 0. The van der Waals surface area contributed by atoms with Crippen molar-refractivity contribution in [2.75, 3.05) is 0 Å². The fraction of sp³-hybridized carbons (Fsp3) is 0. The maximum Gasteiger partial charge on any atom is 1.00 e. The Morgan fingerprint density at radius 3 is 0.333 bits per heavy atom. The van der Waals surface area contributed by atoms with Gasteiger partial charge in [-0.05, 0) is 0 Å². The minimum absolute atomic E-state index is 0. The van der Waals surface area contributed by atoms with Crippen LogP contribution in [0.2, 0.25) is 0 Å². The first kappa shape index (κ1) is 255. The summed E-state index contributed by atoms with van der Waals surface area (Å²) in [5.74, 6) is 0. The van der Waals surface area contributed by atoms with Crippen molar-refractivity contribution in [2.24, 2.45) is 0 Å². The van der Waals surface area contributed by atoms with Gasteiger partial charge in [0.2, 0.25) is 0 Å². The van der Waals surface area contributed by atoms with Gasteiger partial charge in [0.15, 0.2) is 0 Å². The summed E-state index contributed by atoms with van der Waals surface area (Å²) in [7, 11) is 0. The van der Waals surface area contributed by atoms with E-state index in [4.69, 9.17) is 0 Å². The summed E-state index contributed by atoms with van der Waals surface area (Å²) in [4.78, 5) is 0. The molecule has 0 aromatic rings. The molecule has 56 valence electrons. The van der Waals surface area contributed by atoms with E-state index in [1.807, 2.05) is 0 Å². The van der Waals surface area contributed by atoms with Crippen molar-refractivity contribution < 1.29 is 92.0 Å². The van der Waals surface area contributed by atoms with Gasteiger partial charge in [-0.2, -0.15) is 0 Å². The van der Waals surface area contributed by atoms with Crippen LogP contribution < -0.4 is 59.1 Å². The fourth-order valence-electron chi connectivity index (χ4n) is 0. The van der Waals surface area contributed by atoms with Crippen LogP contribution >= 0.6 is 0 Å². The van der Waals surface area contributed by atoms with Crippen LogP contribution in [-0.4, -0.2) is 32.9 Å². The molecule has 0 aliphatic heterocycles. The van der Waals surface area contributed by atoms with Crippen LogP contribution in [0.4, 0.5) is 0 Å². The summed E-state index contributed by atoms with van der Waals surface area (Å²) < 4.78 is 0. The molecule has 0 aliphatic rings. The van der Waals surface area contributed by atoms with Crippen molar-refractivity contribution in [3.8, 4) is 0 Å². The second-order valence-electron chi connectivity index (χ2n) is 0. The summed E-state index contributed by atoms with van der Waals surface area (Å²) in [6.07, 6.45) is 0. The van der Waals surface area contributed by atoms with Crippen LogP contribution in [-0.2, 0) is 13.5 Å². The molecule has 0 unspecified atom stereocenters. The van der Waals surface area contributed by atoms with Crippen molar-refractivity contribution >= 4 is 13.5 Å². The Morgan fingerprint density at radius 2 is 0.333 bits per heavy atom. The van der Waals surface area contributed by atoms with E-state index in [0.29, 0.717) is 0 Å². The molecule has 9 heteroatoms. The van der Waals surface area contributed by atoms with E-state index >= 15 is 0 Å². The average molecular weight is 186 g/mol. The molecular weight excluding hydrogens is 174 g/mol. The molecule has 6 nitrogen and oxygen atoms in total. The van der Waals surface area contributed by atoms with Crippen molar-refractivity contribution in [2.45, 2.75) is 0 Å². The predicted molar refractivity (Wildman–Crippen MR) is 29.0 cm³/mol. The first-order chi connectivity index (χ1) is 0. The van der Waals surface area contributed by atoms with Gasteiger partial charge in [0.05, 0.1) is 0 Å². The van der Waals surface area contributed by atoms with Gasteiger partial charge in [0.1, 0.15) is 0 Å². The predicted octanol–water partition coefficient (Wildman–Crippen LogP) is -10.9. The van der Waals surface area contributed by atoms with Gasteiger partial charge >= 0.3 is 59.1 Å². The van der Waals surface area contributed by atoms with Gasteiger partial charge in [0, 0.05) is 0 Å². The Kier molecular flexibility index (Phi) is 5340. The molecule has 0 rings (SSSR count). The molecule has 0 radical (unpaired) electrons. The van der Waals surface area contributed by atoms with Gasteiger partial charge in [-0.25, -0.2) is 0 Å². The molecule has 0 aliphatic carbocycles. The zero-order valence-electron chi connectivity index (χ0n) is 5.41. The largest absolute Gasteiger partial charge is 2.00 e. The molecule has 0 aromatic heterocycles. The van der Waals surface area contributed by atoms with Crippen LogP contribution in [0.1, 0.15) is 0 Å². The molecule has 0 spiro atoms. The zero-order chi connectivity index (χ0) is 0. The van der Waals surface area contributed by atoms with Crippen molar-refractivity contribution in [3.05, 3.63) is 0 Å². The first-order valence-electron chi connectivity index (χ1n) is 0. The maximum atomic E-state index is 0. The molecule has 9 heavy (non-hydrogen) atoms. The van der Waals surface area contributed by atoms with E-state index in [-0.39, 0.29) is 105 Å². The van der Waals surface area contributed by atoms with Gasteiger partial charge in [-0.3, -0.25) is 0 Å². The van der Waals surface area contributed by atoms with E-state index in [2.05, 4.69) is 0 Å². The topological polar surface area (TPSA) is 189 Å². The van der Waals surface area contributed by atoms with Crippen LogP contribution in [0.15, 0.2) is 0 Å². The minimum atomic E-state index is 0.